The van der Waals surface area contributed by atoms with E-state index in [1.54, 1.807) is 7.11 Å². The molecular formula is C15H23NO3. The van der Waals surface area contributed by atoms with E-state index < -0.39 is 12.0 Å². The zero-order chi connectivity index (χ0) is 14.1. The van der Waals surface area contributed by atoms with E-state index in [4.69, 9.17) is 4.74 Å². The molecule has 0 spiro atoms. The Bertz CT molecular complexity index is 393. The molecule has 0 fully saturated rings. The molecule has 2 N–H and O–H groups in total. The lowest BCUT2D eigenvalue weighted by Gasteiger charge is -2.16. The Balaban J connectivity index is 2.54. The van der Waals surface area contributed by atoms with Crippen LogP contribution in [0.2, 0.25) is 0 Å². The Morgan fingerprint density at radius 2 is 2.16 bits per heavy atom. The smallest absolute Gasteiger partial charge is 0.326 e. The molecule has 0 aromatic heterocycles. The van der Waals surface area contributed by atoms with Gasteiger partial charge in [-0.05, 0) is 18.6 Å². The van der Waals surface area contributed by atoms with Crippen molar-refractivity contribution in [3.63, 3.8) is 0 Å². The summed E-state index contributed by atoms with van der Waals surface area (Å²) in [5.41, 5.74) is 0.780. The average molecular weight is 265 g/mol. The Morgan fingerprint density at radius 3 is 2.79 bits per heavy atom. The van der Waals surface area contributed by atoms with E-state index in [0.29, 0.717) is 6.42 Å². The second-order valence-corrected chi connectivity index (χ2v) is 4.62. The summed E-state index contributed by atoms with van der Waals surface area (Å²) in [7, 11) is 1.60. The maximum Gasteiger partial charge on any atom is 0.326 e. The van der Waals surface area contributed by atoms with E-state index in [-0.39, 0.29) is 0 Å². The molecule has 0 radical (unpaired) electrons. The van der Waals surface area contributed by atoms with Gasteiger partial charge in [-0.25, -0.2) is 4.79 Å². The van der Waals surface area contributed by atoms with Gasteiger partial charge in [0.2, 0.25) is 0 Å². The molecule has 19 heavy (non-hydrogen) atoms. The number of aliphatic carboxylic acids is 1. The van der Waals surface area contributed by atoms with Gasteiger partial charge in [0.05, 0.1) is 7.11 Å². The summed E-state index contributed by atoms with van der Waals surface area (Å²) in [6.07, 6.45) is 4.97. The van der Waals surface area contributed by atoms with Gasteiger partial charge in [0.1, 0.15) is 11.8 Å². The first-order chi connectivity index (χ1) is 9.17. The third kappa shape index (κ3) is 5.64. The molecule has 1 rings (SSSR count). The SMILES string of the molecule is CCCCCCC(Nc1cccc(OC)c1)C(=O)O. The third-order valence-electron chi connectivity index (χ3n) is 3.06. The van der Waals surface area contributed by atoms with Gasteiger partial charge in [-0.3, -0.25) is 0 Å². The fraction of sp³-hybridized carbons (Fsp3) is 0.533. The highest BCUT2D eigenvalue weighted by molar-refractivity contribution is 5.77. The van der Waals surface area contributed by atoms with E-state index >= 15 is 0 Å². The number of nitrogens with one attached hydrogen (secondary N) is 1. The van der Waals surface area contributed by atoms with Gasteiger partial charge in [0, 0.05) is 11.8 Å². The summed E-state index contributed by atoms with van der Waals surface area (Å²) in [4.78, 5) is 11.2. The molecule has 4 heteroatoms. The molecule has 0 amide bonds. The summed E-state index contributed by atoms with van der Waals surface area (Å²) in [5, 5.41) is 12.3. The van der Waals surface area contributed by atoms with Gasteiger partial charge in [-0.1, -0.05) is 38.7 Å². The summed E-state index contributed by atoms with van der Waals surface area (Å²) < 4.78 is 5.12. The zero-order valence-corrected chi connectivity index (χ0v) is 11.7. The minimum Gasteiger partial charge on any atom is -0.497 e. The normalized spacial score (nSPS) is 11.9. The molecule has 0 aliphatic carbocycles. The van der Waals surface area contributed by atoms with Crippen LogP contribution in [0, 0.1) is 0 Å². The molecule has 0 bridgehead atoms. The average Bonchev–Trinajstić information content (AvgIpc) is 2.42. The van der Waals surface area contributed by atoms with Crippen LogP contribution in [-0.2, 0) is 4.79 Å². The third-order valence-corrected chi connectivity index (χ3v) is 3.06. The number of anilines is 1. The summed E-state index contributed by atoms with van der Waals surface area (Å²) in [6, 6.07) is 6.80. The molecule has 1 atom stereocenters. The van der Waals surface area contributed by atoms with E-state index in [0.717, 1.165) is 37.1 Å². The number of carboxylic acid groups (broad SMARTS) is 1. The molecule has 0 aliphatic heterocycles. The van der Waals surface area contributed by atoms with E-state index in [9.17, 15) is 9.90 Å². The molecule has 0 saturated heterocycles. The van der Waals surface area contributed by atoms with Gasteiger partial charge >= 0.3 is 5.97 Å². The molecule has 1 aromatic carbocycles. The number of unbranched alkanes of at least 4 members (excludes halogenated alkanes) is 3. The number of methoxy groups -OCH3 is 1. The lowest BCUT2D eigenvalue weighted by molar-refractivity contribution is -0.138. The first kappa shape index (κ1) is 15.3. The van der Waals surface area contributed by atoms with Crippen molar-refractivity contribution in [3.8, 4) is 5.75 Å². The molecule has 0 aliphatic rings. The molecule has 106 valence electrons. The second kappa shape index (κ2) is 8.40. The van der Waals surface area contributed by atoms with Crippen molar-refractivity contribution in [1.29, 1.82) is 0 Å². The van der Waals surface area contributed by atoms with Crippen LogP contribution in [0.25, 0.3) is 0 Å². The fourth-order valence-corrected chi connectivity index (χ4v) is 1.95. The van der Waals surface area contributed by atoms with Crippen molar-refractivity contribution >= 4 is 11.7 Å². The van der Waals surface area contributed by atoms with E-state index in [2.05, 4.69) is 12.2 Å². The number of ether oxygens (including phenoxy) is 1. The highest BCUT2D eigenvalue weighted by Gasteiger charge is 2.16. The fourth-order valence-electron chi connectivity index (χ4n) is 1.95. The Kier molecular flexibility index (Phi) is 6.79. The van der Waals surface area contributed by atoms with E-state index in [1.165, 1.54) is 0 Å². The van der Waals surface area contributed by atoms with Crippen molar-refractivity contribution in [2.75, 3.05) is 12.4 Å². The van der Waals surface area contributed by atoms with E-state index in [1.807, 2.05) is 24.3 Å². The molecule has 0 saturated carbocycles. The first-order valence-electron chi connectivity index (χ1n) is 6.80. The predicted molar refractivity (Wildman–Crippen MR) is 76.8 cm³/mol. The Morgan fingerprint density at radius 1 is 1.37 bits per heavy atom. The topological polar surface area (TPSA) is 58.6 Å². The number of rotatable bonds is 9. The van der Waals surface area contributed by atoms with Crippen LogP contribution in [0.15, 0.2) is 24.3 Å². The predicted octanol–water partition coefficient (Wildman–Crippen LogP) is 3.53. The summed E-state index contributed by atoms with van der Waals surface area (Å²) in [6.45, 7) is 2.14. The Labute approximate surface area is 114 Å². The van der Waals surface area contributed by atoms with Gasteiger partial charge in [0.25, 0.3) is 0 Å². The minimum atomic E-state index is -0.806. The molecule has 0 heterocycles. The zero-order valence-electron chi connectivity index (χ0n) is 11.7. The lowest BCUT2D eigenvalue weighted by atomic mass is 10.1. The number of hydrogen-bond donors (Lipinski definition) is 2. The largest absolute Gasteiger partial charge is 0.497 e. The molecule has 1 aromatic rings. The summed E-state index contributed by atoms with van der Waals surface area (Å²) in [5.74, 6) is -0.0839. The highest BCUT2D eigenvalue weighted by Crippen LogP contribution is 2.19. The van der Waals surface area contributed by atoms with Crippen LogP contribution in [0.3, 0.4) is 0 Å². The minimum absolute atomic E-state index is 0.538. The van der Waals surface area contributed by atoms with Crippen molar-refractivity contribution < 1.29 is 14.6 Å². The van der Waals surface area contributed by atoms with Gasteiger partial charge in [-0.2, -0.15) is 0 Å². The number of carbonyl (C=O) groups is 1. The van der Waals surface area contributed by atoms with Gasteiger partial charge in [-0.15, -0.1) is 0 Å². The second-order valence-electron chi connectivity index (χ2n) is 4.62. The van der Waals surface area contributed by atoms with Crippen molar-refractivity contribution in [2.24, 2.45) is 0 Å². The molecule has 1 unspecified atom stereocenters. The quantitative estimate of drug-likeness (QED) is 0.671. The molecular weight excluding hydrogens is 242 g/mol. The number of carboxylic acids is 1. The van der Waals surface area contributed by atoms with Crippen LogP contribution >= 0.6 is 0 Å². The standard InChI is InChI=1S/C15H23NO3/c1-3-4-5-6-10-14(15(17)18)16-12-8-7-9-13(11-12)19-2/h7-9,11,14,16H,3-6,10H2,1-2H3,(H,17,18). The monoisotopic (exact) mass is 265 g/mol. The molecule has 4 nitrogen and oxygen atoms in total. The number of hydrogen-bond acceptors (Lipinski definition) is 3. The van der Waals surface area contributed by atoms with Crippen molar-refractivity contribution in [1.82, 2.24) is 0 Å². The van der Waals surface area contributed by atoms with Crippen LogP contribution in [0.1, 0.15) is 39.0 Å². The maximum absolute atomic E-state index is 11.2. The van der Waals surface area contributed by atoms with Crippen molar-refractivity contribution in [2.45, 2.75) is 45.1 Å². The van der Waals surface area contributed by atoms with Crippen LogP contribution in [0.5, 0.6) is 5.75 Å². The maximum atomic E-state index is 11.2. The Hall–Kier alpha value is -1.71. The highest BCUT2D eigenvalue weighted by atomic mass is 16.5. The lowest BCUT2D eigenvalue weighted by Crippen LogP contribution is -2.29. The van der Waals surface area contributed by atoms with Crippen molar-refractivity contribution in [3.05, 3.63) is 24.3 Å². The van der Waals surface area contributed by atoms with Gasteiger partial charge < -0.3 is 15.2 Å². The summed E-state index contributed by atoms with van der Waals surface area (Å²) >= 11 is 0. The first-order valence-corrected chi connectivity index (χ1v) is 6.80. The van der Waals surface area contributed by atoms with Crippen LogP contribution in [0.4, 0.5) is 5.69 Å². The van der Waals surface area contributed by atoms with Crippen LogP contribution < -0.4 is 10.1 Å². The van der Waals surface area contributed by atoms with Crippen LogP contribution in [-0.4, -0.2) is 24.2 Å². The number of benzene rings is 1. The van der Waals surface area contributed by atoms with Gasteiger partial charge in [0.15, 0.2) is 0 Å².